The highest BCUT2D eigenvalue weighted by atomic mass is 19.4. The summed E-state index contributed by atoms with van der Waals surface area (Å²) in [5, 5.41) is 4.10. The SMILES string of the molecule is O=C(c1ccc(-c2noc(C3CCCC3)n2)cc1)N1CCN(c2cccc(C(F)(F)F)c2)CC1. The second-order valence-electron chi connectivity index (χ2n) is 8.84. The Labute approximate surface area is 195 Å². The molecule has 2 aromatic carbocycles. The standard InChI is InChI=1S/C25H25F3N4O2/c26-25(27,28)20-6-3-7-21(16-20)31-12-14-32(15-13-31)24(33)19-10-8-17(9-11-19)22-29-23(34-30-22)18-4-1-2-5-18/h3,6-11,16,18H,1-2,4-5,12-15H2. The fraction of sp³-hybridized carbons (Fsp3) is 0.400. The molecule has 2 fully saturated rings. The lowest BCUT2D eigenvalue weighted by atomic mass is 10.1. The minimum absolute atomic E-state index is 0.102. The van der Waals surface area contributed by atoms with Crippen molar-refractivity contribution < 1.29 is 22.5 Å². The van der Waals surface area contributed by atoms with Crippen LogP contribution in [0.4, 0.5) is 18.9 Å². The van der Waals surface area contributed by atoms with Gasteiger partial charge in [-0.1, -0.05) is 36.2 Å². The minimum atomic E-state index is -4.38. The summed E-state index contributed by atoms with van der Waals surface area (Å²) < 4.78 is 44.5. The maximum Gasteiger partial charge on any atom is 0.416 e. The number of hydrogen-bond donors (Lipinski definition) is 0. The Morgan fingerprint density at radius 2 is 1.68 bits per heavy atom. The van der Waals surface area contributed by atoms with Crippen LogP contribution < -0.4 is 4.90 Å². The number of rotatable bonds is 4. The number of carbonyl (C=O) groups is 1. The molecule has 2 heterocycles. The van der Waals surface area contributed by atoms with Crippen molar-refractivity contribution in [2.24, 2.45) is 0 Å². The second kappa shape index (κ2) is 9.12. The predicted octanol–water partition coefficient (Wildman–Crippen LogP) is 5.38. The van der Waals surface area contributed by atoms with Gasteiger partial charge in [-0.15, -0.1) is 0 Å². The molecule has 1 aromatic heterocycles. The first kappa shape index (κ1) is 22.4. The number of benzene rings is 2. The maximum atomic E-state index is 13.0. The van der Waals surface area contributed by atoms with Gasteiger partial charge in [-0.2, -0.15) is 18.2 Å². The molecule has 1 saturated heterocycles. The number of carbonyl (C=O) groups excluding carboxylic acids is 1. The van der Waals surface area contributed by atoms with Gasteiger partial charge in [-0.25, -0.2) is 0 Å². The van der Waals surface area contributed by atoms with Crippen LogP contribution in [0.3, 0.4) is 0 Å². The van der Waals surface area contributed by atoms with Crippen LogP contribution in [0, 0.1) is 0 Å². The van der Waals surface area contributed by atoms with Crippen molar-refractivity contribution >= 4 is 11.6 Å². The van der Waals surface area contributed by atoms with Crippen LogP contribution in [0.5, 0.6) is 0 Å². The van der Waals surface area contributed by atoms with Crippen molar-refractivity contribution in [3.05, 3.63) is 65.5 Å². The molecule has 34 heavy (non-hydrogen) atoms. The van der Waals surface area contributed by atoms with E-state index in [0.717, 1.165) is 30.5 Å². The van der Waals surface area contributed by atoms with Crippen LogP contribution in [0.2, 0.25) is 0 Å². The Morgan fingerprint density at radius 1 is 0.971 bits per heavy atom. The van der Waals surface area contributed by atoms with Gasteiger partial charge in [0.05, 0.1) is 5.56 Å². The molecule has 178 valence electrons. The van der Waals surface area contributed by atoms with E-state index in [1.54, 1.807) is 23.1 Å². The first-order chi connectivity index (χ1) is 16.4. The molecule has 3 aromatic rings. The molecular weight excluding hydrogens is 445 g/mol. The molecule has 6 nitrogen and oxygen atoms in total. The van der Waals surface area contributed by atoms with Crippen molar-refractivity contribution in [3.63, 3.8) is 0 Å². The van der Waals surface area contributed by atoms with Gasteiger partial charge in [0.2, 0.25) is 11.7 Å². The average molecular weight is 470 g/mol. The van der Waals surface area contributed by atoms with E-state index < -0.39 is 11.7 Å². The molecule has 1 aliphatic carbocycles. The predicted molar refractivity (Wildman–Crippen MR) is 121 cm³/mol. The molecule has 0 spiro atoms. The monoisotopic (exact) mass is 470 g/mol. The van der Waals surface area contributed by atoms with Crippen molar-refractivity contribution in [2.75, 3.05) is 31.1 Å². The molecule has 1 amide bonds. The molecule has 0 radical (unpaired) electrons. The Balaban J connectivity index is 1.21. The molecule has 5 rings (SSSR count). The zero-order valence-corrected chi connectivity index (χ0v) is 18.6. The van der Waals surface area contributed by atoms with Gasteiger partial charge in [0.1, 0.15) is 0 Å². The van der Waals surface area contributed by atoms with Gasteiger partial charge in [0.15, 0.2) is 0 Å². The van der Waals surface area contributed by atoms with Crippen molar-refractivity contribution in [2.45, 2.75) is 37.8 Å². The summed E-state index contributed by atoms with van der Waals surface area (Å²) in [6.07, 6.45) is 0.159. The van der Waals surface area contributed by atoms with E-state index in [1.165, 1.54) is 18.9 Å². The Bertz CT molecular complexity index is 1150. The first-order valence-corrected chi connectivity index (χ1v) is 11.5. The normalized spacial score (nSPS) is 17.4. The van der Waals surface area contributed by atoms with Gasteiger partial charge < -0.3 is 14.3 Å². The van der Waals surface area contributed by atoms with E-state index in [1.807, 2.05) is 17.0 Å². The van der Waals surface area contributed by atoms with Crippen molar-refractivity contribution in [3.8, 4) is 11.4 Å². The van der Waals surface area contributed by atoms with Gasteiger partial charge in [-0.3, -0.25) is 4.79 Å². The maximum absolute atomic E-state index is 13.0. The van der Waals surface area contributed by atoms with Crippen LogP contribution in [-0.2, 0) is 6.18 Å². The number of halogens is 3. The van der Waals surface area contributed by atoms with E-state index in [0.29, 0.717) is 55.1 Å². The minimum Gasteiger partial charge on any atom is -0.368 e. The summed E-state index contributed by atoms with van der Waals surface area (Å²) >= 11 is 0. The van der Waals surface area contributed by atoms with Gasteiger partial charge in [0.25, 0.3) is 5.91 Å². The molecule has 1 aliphatic heterocycles. The van der Waals surface area contributed by atoms with E-state index in [2.05, 4.69) is 10.1 Å². The molecule has 0 unspecified atom stereocenters. The molecule has 0 bridgehead atoms. The summed E-state index contributed by atoms with van der Waals surface area (Å²) in [7, 11) is 0. The van der Waals surface area contributed by atoms with E-state index >= 15 is 0 Å². The largest absolute Gasteiger partial charge is 0.416 e. The Kier molecular flexibility index (Phi) is 6.02. The molecule has 0 N–H and O–H groups in total. The average Bonchev–Trinajstić information content (AvgIpc) is 3.56. The van der Waals surface area contributed by atoms with Crippen molar-refractivity contribution in [1.29, 1.82) is 0 Å². The highest BCUT2D eigenvalue weighted by Gasteiger charge is 2.31. The molecular formula is C25H25F3N4O2. The van der Waals surface area contributed by atoms with Crippen LogP contribution in [0.25, 0.3) is 11.4 Å². The van der Waals surface area contributed by atoms with Gasteiger partial charge >= 0.3 is 6.18 Å². The number of anilines is 1. The fourth-order valence-electron chi connectivity index (χ4n) is 4.68. The summed E-state index contributed by atoms with van der Waals surface area (Å²) in [4.78, 5) is 21.1. The van der Waals surface area contributed by atoms with Crippen molar-refractivity contribution in [1.82, 2.24) is 15.0 Å². The fourth-order valence-corrected chi connectivity index (χ4v) is 4.68. The molecule has 0 atom stereocenters. The third-order valence-corrected chi connectivity index (χ3v) is 6.64. The quantitative estimate of drug-likeness (QED) is 0.513. The zero-order valence-electron chi connectivity index (χ0n) is 18.6. The van der Waals surface area contributed by atoms with Crippen LogP contribution in [-0.4, -0.2) is 47.1 Å². The van der Waals surface area contributed by atoms with Crippen LogP contribution >= 0.6 is 0 Å². The smallest absolute Gasteiger partial charge is 0.368 e. The first-order valence-electron chi connectivity index (χ1n) is 11.5. The molecule has 1 saturated carbocycles. The lowest BCUT2D eigenvalue weighted by Gasteiger charge is -2.36. The summed E-state index contributed by atoms with van der Waals surface area (Å²) in [6, 6.07) is 12.4. The number of aromatic nitrogens is 2. The third-order valence-electron chi connectivity index (χ3n) is 6.64. The van der Waals surface area contributed by atoms with Crippen LogP contribution in [0.1, 0.15) is 53.4 Å². The number of amides is 1. The lowest BCUT2D eigenvalue weighted by Crippen LogP contribution is -2.48. The number of nitrogens with zero attached hydrogens (tertiary/aromatic N) is 4. The Morgan fingerprint density at radius 3 is 2.35 bits per heavy atom. The van der Waals surface area contributed by atoms with E-state index in [9.17, 15) is 18.0 Å². The highest BCUT2D eigenvalue weighted by molar-refractivity contribution is 5.94. The highest BCUT2D eigenvalue weighted by Crippen LogP contribution is 2.34. The van der Waals surface area contributed by atoms with Gasteiger partial charge in [-0.05, 0) is 43.2 Å². The van der Waals surface area contributed by atoms with E-state index in [4.69, 9.17) is 4.52 Å². The number of hydrogen-bond acceptors (Lipinski definition) is 5. The van der Waals surface area contributed by atoms with Gasteiger partial charge in [0, 0.05) is 48.9 Å². The summed E-state index contributed by atoms with van der Waals surface area (Å²) in [5.74, 6) is 1.45. The number of piperazine rings is 1. The zero-order chi connectivity index (χ0) is 23.7. The summed E-state index contributed by atoms with van der Waals surface area (Å²) in [5.41, 5.74) is 1.19. The Hall–Kier alpha value is -3.36. The molecule has 9 heteroatoms. The summed E-state index contributed by atoms with van der Waals surface area (Å²) in [6.45, 7) is 1.81. The second-order valence-corrected chi connectivity index (χ2v) is 8.84. The number of alkyl halides is 3. The molecule has 2 aliphatic rings. The van der Waals surface area contributed by atoms with Crippen LogP contribution in [0.15, 0.2) is 53.1 Å². The van der Waals surface area contributed by atoms with E-state index in [-0.39, 0.29) is 5.91 Å². The third kappa shape index (κ3) is 4.64. The topological polar surface area (TPSA) is 62.5 Å². The lowest BCUT2D eigenvalue weighted by molar-refractivity contribution is -0.137.